The Morgan fingerprint density at radius 3 is 2.76 bits per heavy atom. The number of hydrogen-bond donors (Lipinski definition) is 2. The molecule has 0 radical (unpaired) electrons. The standard InChI is InChI=1S/C29H27N7O2/c1-17-7-8-31-12-23(17)25-9-19-10-27(33-13-24(19)28(30)34-25)35-29(37)22-11-21(22)26-14-32-16-36(26)15-18-3-5-20(38-2)6-4-18/h3-10,12-14,16,21-22H,11,15H2,1-2H3,(H2,30,34)(H,33,35,37)/t21-,22-/m1/s1. The van der Waals surface area contributed by atoms with Gasteiger partial charge in [-0.2, -0.15) is 0 Å². The molecule has 9 heteroatoms. The Morgan fingerprint density at radius 2 is 1.97 bits per heavy atom. The molecule has 4 aromatic heterocycles. The topological polar surface area (TPSA) is 121 Å². The Bertz CT molecular complexity index is 1650. The third kappa shape index (κ3) is 4.54. The SMILES string of the molecule is COc1ccc(Cn2cncc2[C@@H]2C[C@H]2C(=O)Nc2cc3cc(-c4cnccc4C)nc(N)c3cn2)cc1. The van der Waals surface area contributed by atoms with Crippen molar-refractivity contribution in [3.05, 3.63) is 90.4 Å². The van der Waals surface area contributed by atoms with E-state index in [1.165, 1.54) is 0 Å². The van der Waals surface area contributed by atoms with E-state index in [4.69, 9.17) is 10.5 Å². The van der Waals surface area contributed by atoms with Crippen LogP contribution in [-0.4, -0.2) is 37.5 Å². The second-order valence-corrected chi connectivity index (χ2v) is 9.61. The average Bonchev–Trinajstić information content (AvgIpc) is 3.60. The maximum atomic E-state index is 13.1. The molecule has 1 aliphatic rings. The summed E-state index contributed by atoms with van der Waals surface area (Å²) < 4.78 is 7.35. The number of nitrogens with one attached hydrogen (secondary N) is 1. The third-order valence-electron chi connectivity index (χ3n) is 7.07. The van der Waals surface area contributed by atoms with Gasteiger partial charge < -0.3 is 20.4 Å². The van der Waals surface area contributed by atoms with E-state index in [9.17, 15) is 4.79 Å². The second-order valence-electron chi connectivity index (χ2n) is 9.61. The highest BCUT2D eigenvalue weighted by Crippen LogP contribution is 2.48. The molecule has 0 aliphatic heterocycles. The first kappa shape index (κ1) is 23.6. The molecular formula is C29H27N7O2. The number of anilines is 2. The number of pyridine rings is 3. The monoisotopic (exact) mass is 505 g/mol. The number of fused-ring (bicyclic) bond motifs is 1. The number of ether oxygens (including phenoxy) is 1. The van der Waals surface area contributed by atoms with Crippen molar-refractivity contribution in [3.63, 3.8) is 0 Å². The van der Waals surface area contributed by atoms with Crippen molar-refractivity contribution in [3.8, 4) is 17.0 Å². The van der Waals surface area contributed by atoms with Crippen LogP contribution >= 0.6 is 0 Å². The largest absolute Gasteiger partial charge is 0.497 e. The number of methoxy groups -OCH3 is 1. The zero-order chi connectivity index (χ0) is 26.2. The van der Waals surface area contributed by atoms with Gasteiger partial charge in [0.25, 0.3) is 0 Å². The maximum Gasteiger partial charge on any atom is 0.229 e. The summed E-state index contributed by atoms with van der Waals surface area (Å²) in [4.78, 5) is 30.6. The smallest absolute Gasteiger partial charge is 0.229 e. The van der Waals surface area contributed by atoms with E-state index in [0.717, 1.165) is 51.0 Å². The summed E-state index contributed by atoms with van der Waals surface area (Å²) in [6, 6.07) is 13.7. The fourth-order valence-corrected chi connectivity index (χ4v) is 4.84. The Morgan fingerprint density at radius 1 is 1.13 bits per heavy atom. The summed E-state index contributed by atoms with van der Waals surface area (Å²) in [7, 11) is 1.65. The van der Waals surface area contributed by atoms with Crippen LogP contribution in [0.15, 0.2) is 73.6 Å². The lowest BCUT2D eigenvalue weighted by atomic mass is 10.1. The number of nitrogen functional groups attached to an aromatic ring is 1. The molecule has 0 saturated heterocycles. The number of aryl methyl sites for hydroxylation is 1. The van der Waals surface area contributed by atoms with Crippen LogP contribution in [-0.2, 0) is 11.3 Å². The molecular weight excluding hydrogens is 478 g/mol. The van der Waals surface area contributed by atoms with Gasteiger partial charge in [0.2, 0.25) is 5.91 Å². The van der Waals surface area contributed by atoms with E-state index >= 15 is 0 Å². The summed E-state index contributed by atoms with van der Waals surface area (Å²) in [6.07, 6.45) is 9.62. The van der Waals surface area contributed by atoms with Crippen LogP contribution < -0.4 is 15.8 Å². The molecule has 1 aromatic carbocycles. The predicted molar refractivity (Wildman–Crippen MR) is 146 cm³/mol. The van der Waals surface area contributed by atoms with Crippen molar-refractivity contribution in [2.75, 3.05) is 18.2 Å². The number of benzene rings is 1. The lowest BCUT2D eigenvalue weighted by Gasteiger charge is -2.11. The first-order valence-electron chi connectivity index (χ1n) is 12.4. The van der Waals surface area contributed by atoms with Crippen molar-refractivity contribution in [1.29, 1.82) is 0 Å². The third-order valence-corrected chi connectivity index (χ3v) is 7.07. The van der Waals surface area contributed by atoms with Crippen LogP contribution in [0.3, 0.4) is 0 Å². The van der Waals surface area contributed by atoms with Crippen LogP contribution in [0.4, 0.5) is 11.6 Å². The van der Waals surface area contributed by atoms with Crippen LogP contribution in [0.2, 0.25) is 0 Å². The van der Waals surface area contributed by atoms with Gasteiger partial charge in [-0.1, -0.05) is 12.1 Å². The molecule has 2 atom stereocenters. The fourth-order valence-electron chi connectivity index (χ4n) is 4.84. The molecule has 38 heavy (non-hydrogen) atoms. The molecule has 1 aliphatic carbocycles. The van der Waals surface area contributed by atoms with Gasteiger partial charge in [-0.25, -0.2) is 15.0 Å². The molecule has 3 N–H and O–H groups in total. The number of hydrogen-bond acceptors (Lipinski definition) is 7. The van der Waals surface area contributed by atoms with E-state index in [1.807, 2.05) is 61.9 Å². The minimum Gasteiger partial charge on any atom is -0.497 e. The van der Waals surface area contributed by atoms with E-state index in [2.05, 4.69) is 29.8 Å². The molecule has 6 rings (SSSR count). The number of amides is 1. The van der Waals surface area contributed by atoms with Gasteiger partial charge in [0.05, 0.1) is 19.1 Å². The van der Waals surface area contributed by atoms with Crippen LogP contribution in [0.5, 0.6) is 5.75 Å². The van der Waals surface area contributed by atoms with E-state index in [-0.39, 0.29) is 17.7 Å². The lowest BCUT2D eigenvalue weighted by Crippen LogP contribution is -2.16. The molecule has 1 fully saturated rings. The molecule has 1 amide bonds. The number of aromatic nitrogens is 5. The molecule has 4 heterocycles. The predicted octanol–water partition coefficient (Wildman–Crippen LogP) is 4.58. The number of nitrogens with two attached hydrogens (primary N) is 1. The summed E-state index contributed by atoms with van der Waals surface area (Å²) in [5.74, 6) is 1.64. The fraction of sp³-hybridized carbons (Fsp3) is 0.207. The number of imidazole rings is 1. The quantitative estimate of drug-likeness (QED) is 0.332. The van der Waals surface area contributed by atoms with E-state index in [1.54, 1.807) is 25.7 Å². The number of nitrogens with zero attached hydrogens (tertiary/aromatic N) is 5. The number of rotatable bonds is 7. The molecule has 1 saturated carbocycles. The van der Waals surface area contributed by atoms with Crippen molar-refractivity contribution in [2.24, 2.45) is 5.92 Å². The van der Waals surface area contributed by atoms with Crippen LogP contribution in [0.1, 0.15) is 29.2 Å². The van der Waals surface area contributed by atoms with Gasteiger partial charge in [0, 0.05) is 59.8 Å². The van der Waals surface area contributed by atoms with Crippen LogP contribution in [0, 0.1) is 12.8 Å². The van der Waals surface area contributed by atoms with Gasteiger partial charge in [-0.15, -0.1) is 0 Å². The Balaban J connectivity index is 1.17. The van der Waals surface area contributed by atoms with Gasteiger partial charge in [-0.05, 0) is 60.2 Å². The number of carbonyl (C=O) groups is 1. The molecule has 0 spiro atoms. The summed E-state index contributed by atoms with van der Waals surface area (Å²) >= 11 is 0. The molecule has 0 bridgehead atoms. The number of carbonyl (C=O) groups excluding carboxylic acids is 1. The molecule has 190 valence electrons. The Kier molecular flexibility index (Phi) is 5.95. The highest BCUT2D eigenvalue weighted by molar-refractivity contribution is 5.98. The Labute approximate surface area is 219 Å². The highest BCUT2D eigenvalue weighted by Gasteiger charge is 2.45. The minimum absolute atomic E-state index is 0.0515. The Hall–Kier alpha value is -4.79. The first-order chi connectivity index (χ1) is 18.5. The van der Waals surface area contributed by atoms with Crippen molar-refractivity contribution in [1.82, 2.24) is 24.5 Å². The summed E-state index contributed by atoms with van der Waals surface area (Å²) in [5.41, 5.74) is 11.1. The normalized spacial score (nSPS) is 16.4. The summed E-state index contributed by atoms with van der Waals surface area (Å²) in [6.45, 7) is 2.69. The van der Waals surface area contributed by atoms with Gasteiger partial charge >= 0.3 is 0 Å². The maximum absolute atomic E-state index is 13.1. The first-order valence-corrected chi connectivity index (χ1v) is 12.4. The van der Waals surface area contributed by atoms with Crippen molar-refractivity contribution >= 4 is 28.3 Å². The lowest BCUT2D eigenvalue weighted by molar-refractivity contribution is -0.117. The highest BCUT2D eigenvalue weighted by atomic mass is 16.5. The zero-order valence-electron chi connectivity index (χ0n) is 21.1. The molecule has 0 unspecified atom stereocenters. The van der Waals surface area contributed by atoms with Gasteiger partial charge in [-0.3, -0.25) is 9.78 Å². The van der Waals surface area contributed by atoms with Crippen molar-refractivity contribution in [2.45, 2.75) is 25.8 Å². The van der Waals surface area contributed by atoms with Gasteiger partial charge in [0.15, 0.2) is 0 Å². The second kappa shape index (κ2) is 9.59. The van der Waals surface area contributed by atoms with E-state index in [0.29, 0.717) is 18.2 Å². The van der Waals surface area contributed by atoms with Crippen LogP contribution in [0.25, 0.3) is 22.0 Å². The van der Waals surface area contributed by atoms with Crippen molar-refractivity contribution < 1.29 is 9.53 Å². The summed E-state index contributed by atoms with van der Waals surface area (Å²) in [5, 5.41) is 4.58. The average molecular weight is 506 g/mol. The molecule has 5 aromatic rings. The zero-order valence-corrected chi connectivity index (χ0v) is 21.1. The minimum atomic E-state index is -0.130. The van der Waals surface area contributed by atoms with Gasteiger partial charge in [0.1, 0.15) is 17.4 Å². The van der Waals surface area contributed by atoms with E-state index < -0.39 is 0 Å². The molecule has 9 nitrogen and oxygen atoms in total.